The molecule has 1 aromatic heterocycles. The molecular formula is C19H23NO4. The quantitative estimate of drug-likeness (QED) is 0.762. The van der Waals surface area contributed by atoms with Crippen LogP contribution in [0, 0.1) is 5.92 Å². The van der Waals surface area contributed by atoms with E-state index in [-0.39, 0.29) is 12.0 Å². The van der Waals surface area contributed by atoms with Crippen LogP contribution in [0.5, 0.6) is 0 Å². The molecule has 0 spiro atoms. The molecule has 2 aromatic rings. The molecular weight excluding hydrogens is 306 g/mol. The monoisotopic (exact) mass is 329 g/mol. The third-order valence-corrected chi connectivity index (χ3v) is 3.96. The number of rotatable bonds is 6. The second kappa shape index (κ2) is 7.81. The minimum Gasteiger partial charge on any atom is -0.466 e. The lowest BCUT2D eigenvalue weighted by atomic mass is 10.1. The van der Waals surface area contributed by atoms with Crippen LogP contribution in [-0.4, -0.2) is 29.7 Å². The minimum absolute atomic E-state index is 0.0284. The van der Waals surface area contributed by atoms with Crippen LogP contribution in [0.2, 0.25) is 0 Å². The minimum atomic E-state index is -0.919. The summed E-state index contributed by atoms with van der Waals surface area (Å²) in [7, 11) is 1.28. The second-order valence-corrected chi connectivity index (χ2v) is 5.98. The van der Waals surface area contributed by atoms with Gasteiger partial charge in [0.1, 0.15) is 5.69 Å². The Bertz CT molecular complexity index is 690. The Morgan fingerprint density at radius 3 is 2.25 bits per heavy atom. The first-order chi connectivity index (χ1) is 11.5. The summed E-state index contributed by atoms with van der Waals surface area (Å²) in [4.78, 5) is 24.3. The van der Waals surface area contributed by atoms with Crippen molar-refractivity contribution in [2.75, 3.05) is 7.11 Å². The molecule has 1 heterocycles. The van der Waals surface area contributed by atoms with Gasteiger partial charge in [-0.25, -0.2) is 9.59 Å². The molecule has 0 saturated carbocycles. The zero-order chi connectivity index (χ0) is 17.7. The van der Waals surface area contributed by atoms with Crippen LogP contribution >= 0.6 is 0 Å². The molecule has 2 atom stereocenters. The number of ether oxygens (including phenoxy) is 2. The Morgan fingerprint density at radius 2 is 1.67 bits per heavy atom. The van der Waals surface area contributed by atoms with Crippen LogP contribution < -0.4 is 0 Å². The molecule has 0 aliphatic rings. The van der Waals surface area contributed by atoms with Crippen molar-refractivity contribution in [3.63, 3.8) is 0 Å². The van der Waals surface area contributed by atoms with Gasteiger partial charge in [0.2, 0.25) is 6.10 Å². The standard InChI is InChI=1S/C19H23NO4/c1-13(2)17(19(22)23-4)24-18(21)16-11-8-12-20(16)14(3)15-9-6-5-7-10-15/h5-14,17H,1-4H3/t14-,17+/m1/s1. The van der Waals surface area contributed by atoms with Gasteiger partial charge < -0.3 is 14.0 Å². The number of esters is 2. The van der Waals surface area contributed by atoms with Crippen molar-refractivity contribution in [2.45, 2.75) is 32.9 Å². The zero-order valence-electron chi connectivity index (χ0n) is 14.4. The Morgan fingerprint density at radius 1 is 1.00 bits per heavy atom. The Kier molecular flexibility index (Phi) is 5.79. The van der Waals surface area contributed by atoms with Crippen molar-refractivity contribution in [3.05, 3.63) is 59.9 Å². The number of methoxy groups -OCH3 is 1. The summed E-state index contributed by atoms with van der Waals surface area (Å²) in [5, 5.41) is 0. The fourth-order valence-electron chi connectivity index (χ4n) is 2.54. The van der Waals surface area contributed by atoms with Crippen molar-refractivity contribution < 1.29 is 19.1 Å². The van der Waals surface area contributed by atoms with E-state index in [0.717, 1.165) is 5.56 Å². The van der Waals surface area contributed by atoms with Gasteiger partial charge in [0.25, 0.3) is 0 Å². The van der Waals surface area contributed by atoms with E-state index < -0.39 is 18.0 Å². The third-order valence-electron chi connectivity index (χ3n) is 3.96. The first-order valence-electron chi connectivity index (χ1n) is 7.96. The number of carbonyl (C=O) groups is 2. The fourth-order valence-corrected chi connectivity index (χ4v) is 2.54. The summed E-state index contributed by atoms with van der Waals surface area (Å²) in [6.07, 6.45) is 0.912. The topological polar surface area (TPSA) is 57.5 Å². The van der Waals surface area contributed by atoms with Gasteiger partial charge in [0.05, 0.1) is 13.2 Å². The SMILES string of the molecule is COC(=O)[C@@H](OC(=O)c1cccn1[C@H](C)c1ccccc1)C(C)C. The highest BCUT2D eigenvalue weighted by Gasteiger charge is 2.29. The number of benzene rings is 1. The number of hydrogen-bond acceptors (Lipinski definition) is 4. The van der Waals surface area contributed by atoms with Crippen LogP contribution in [-0.2, 0) is 14.3 Å². The maximum Gasteiger partial charge on any atom is 0.355 e. The largest absolute Gasteiger partial charge is 0.466 e. The van der Waals surface area contributed by atoms with Crippen LogP contribution in [0.3, 0.4) is 0 Å². The normalized spacial score (nSPS) is 13.4. The average molecular weight is 329 g/mol. The molecule has 5 nitrogen and oxygen atoms in total. The maximum atomic E-state index is 12.5. The first-order valence-corrected chi connectivity index (χ1v) is 7.96. The summed E-state index contributed by atoms with van der Waals surface area (Å²) < 4.78 is 12.0. The summed E-state index contributed by atoms with van der Waals surface area (Å²) in [6.45, 7) is 5.62. The van der Waals surface area contributed by atoms with E-state index in [4.69, 9.17) is 9.47 Å². The molecule has 2 rings (SSSR count). The van der Waals surface area contributed by atoms with Gasteiger partial charge in [-0.15, -0.1) is 0 Å². The lowest BCUT2D eigenvalue weighted by Gasteiger charge is -2.21. The van der Waals surface area contributed by atoms with Gasteiger partial charge >= 0.3 is 11.9 Å². The fraction of sp³-hybridized carbons (Fsp3) is 0.368. The van der Waals surface area contributed by atoms with Gasteiger partial charge in [-0.3, -0.25) is 0 Å². The van der Waals surface area contributed by atoms with E-state index in [2.05, 4.69) is 0 Å². The molecule has 1 aromatic carbocycles. The molecule has 0 fully saturated rings. The van der Waals surface area contributed by atoms with Crippen LogP contribution in [0.4, 0.5) is 0 Å². The highest BCUT2D eigenvalue weighted by molar-refractivity contribution is 5.90. The van der Waals surface area contributed by atoms with Crippen LogP contribution in [0.25, 0.3) is 0 Å². The molecule has 128 valence electrons. The van der Waals surface area contributed by atoms with Crippen molar-refractivity contribution in [1.29, 1.82) is 0 Å². The molecule has 0 saturated heterocycles. The molecule has 0 bridgehead atoms. The van der Waals surface area contributed by atoms with E-state index in [9.17, 15) is 9.59 Å². The van der Waals surface area contributed by atoms with Crippen molar-refractivity contribution in [2.24, 2.45) is 5.92 Å². The summed E-state index contributed by atoms with van der Waals surface area (Å²) in [5.74, 6) is -1.25. The Labute approximate surface area is 142 Å². The van der Waals surface area contributed by atoms with Gasteiger partial charge in [0.15, 0.2) is 0 Å². The maximum absolute atomic E-state index is 12.5. The van der Waals surface area contributed by atoms with Crippen LogP contribution in [0.15, 0.2) is 48.7 Å². The lowest BCUT2D eigenvalue weighted by Crippen LogP contribution is -2.33. The number of hydrogen-bond donors (Lipinski definition) is 0. The van der Waals surface area contributed by atoms with Crippen LogP contribution in [0.1, 0.15) is 42.9 Å². The lowest BCUT2D eigenvalue weighted by molar-refractivity contribution is -0.153. The van der Waals surface area contributed by atoms with Gasteiger partial charge in [-0.2, -0.15) is 0 Å². The zero-order valence-corrected chi connectivity index (χ0v) is 14.4. The molecule has 5 heteroatoms. The smallest absolute Gasteiger partial charge is 0.355 e. The number of carbonyl (C=O) groups excluding carboxylic acids is 2. The third kappa shape index (κ3) is 3.85. The molecule has 0 unspecified atom stereocenters. The van der Waals surface area contributed by atoms with E-state index in [1.807, 2.05) is 48.0 Å². The predicted molar refractivity (Wildman–Crippen MR) is 90.7 cm³/mol. The summed E-state index contributed by atoms with van der Waals surface area (Å²) in [5.41, 5.74) is 1.48. The first kappa shape index (κ1) is 17.8. The molecule has 0 amide bonds. The molecule has 0 aliphatic carbocycles. The summed E-state index contributed by atoms with van der Waals surface area (Å²) in [6, 6.07) is 13.3. The highest BCUT2D eigenvalue weighted by Crippen LogP contribution is 2.21. The van der Waals surface area contributed by atoms with Gasteiger partial charge in [-0.05, 0) is 24.6 Å². The number of nitrogens with zero attached hydrogens (tertiary/aromatic N) is 1. The van der Waals surface area contributed by atoms with Crippen molar-refractivity contribution in [3.8, 4) is 0 Å². The Balaban J connectivity index is 2.23. The summed E-state index contributed by atoms with van der Waals surface area (Å²) >= 11 is 0. The van der Waals surface area contributed by atoms with E-state index in [0.29, 0.717) is 5.69 Å². The number of aromatic nitrogens is 1. The van der Waals surface area contributed by atoms with Gasteiger partial charge in [-0.1, -0.05) is 44.2 Å². The van der Waals surface area contributed by atoms with Crippen molar-refractivity contribution in [1.82, 2.24) is 4.57 Å². The average Bonchev–Trinajstić information content (AvgIpc) is 3.08. The second-order valence-electron chi connectivity index (χ2n) is 5.98. The predicted octanol–water partition coefficient (Wildman–Crippen LogP) is 3.45. The van der Waals surface area contributed by atoms with E-state index >= 15 is 0 Å². The van der Waals surface area contributed by atoms with E-state index in [1.165, 1.54) is 7.11 Å². The van der Waals surface area contributed by atoms with E-state index in [1.54, 1.807) is 26.0 Å². The highest BCUT2D eigenvalue weighted by atomic mass is 16.6. The molecule has 24 heavy (non-hydrogen) atoms. The Hall–Kier alpha value is -2.56. The van der Waals surface area contributed by atoms with Gasteiger partial charge in [0, 0.05) is 12.1 Å². The molecule has 0 aliphatic heterocycles. The molecule has 0 N–H and O–H groups in total. The van der Waals surface area contributed by atoms with Crippen molar-refractivity contribution >= 4 is 11.9 Å². The molecule has 0 radical (unpaired) electrons.